The van der Waals surface area contributed by atoms with E-state index in [1.54, 1.807) is 19.1 Å². The van der Waals surface area contributed by atoms with E-state index in [1.165, 1.54) is 6.07 Å². The number of carbonyl (C=O) groups is 2. The van der Waals surface area contributed by atoms with Crippen LogP contribution in [0.3, 0.4) is 0 Å². The predicted molar refractivity (Wildman–Crippen MR) is 83.9 cm³/mol. The highest BCUT2D eigenvalue weighted by atomic mass is 16.8. The molecule has 0 bridgehead atoms. The van der Waals surface area contributed by atoms with E-state index in [9.17, 15) is 9.59 Å². The molecule has 1 aromatic rings. The van der Waals surface area contributed by atoms with E-state index < -0.39 is 18.8 Å². The standard InChI is InChI=1S/C16H19BO7/c1-4-20-14(19)16(17-21-9-15(2,3)10-22-17)23-12-6-5-11(8-18)7-13(12)24-16/h5-8H,4,9-10H2,1-3H3. The molecule has 0 N–H and O–H groups in total. The van der Waals surface area contributed by atoms with Crippen molar-refractivity contribution in [2.24, 2.45) is 5.41 Å². The molecule has 128 valence electrons. The predicted octanol–water partition coefficient (Wildman–Crippen LogP) is 1.63. The first-order chi connectivity index (χ1) is 11.4. The van der Waals surface area contributed by atoms with Gasteiger partial charge in [-0.1, -0.05) is 13.8 Å². The molecule has 0 aliphatic carbocycles. The largest absolute Gasteiger partial charge is 0.569 e. The molecule has 7 nitrogen and oxygen atoms in total. The molecule has 1 fully saturated rings. The van der Waals surface area contributed by atoms with Gasteiger partial charge in [-0.2, -0.15) is 0 Å². The van der Waals surface area contributed by atoms with Crippen molar-refractivity contribution in [1.29, 1.82) is 0 Å². The first kappa shape index (κ1) is 16.8. The first-order valence-corrected chi connectivity index (χ1v) is 7.78. The molecule has 0 radical (unpaired) electrons. The van der Waals surface area contributed by atoms with E-state index >= 15 is 0 Å². The third kappa shape index (κ3) is 2.87. The Morgan fingerprint density at radius 3 is 2.54 bits per heavy atom. The monoisotopic (exact) mass is 334 g/mol. The van der Waals surface area contributed by atoms with Crippen LogP contribution in [0.15, 0.2) is 18.2 Å². The Morgan fingerprint density at radius 1 is 1.25 bits per heavy atom. The van der Waals surface area contributed by atoms with Crippen molar-refractivity contribution >= 4 is 19.4 Å². The Bertz CT molecular complexity index is 650. The molecule has 2 aliphatic rings. The topological polar surface area (TPSA) is 80.3 Å². The van der Waals surface area contributed by atoms with Gasteiger partial charge in [0.05, 0.1) is 6.61 Å². The Hall–Kier alpha value is -2.06. The number of rotatable bonds is 4. The zero-order chi connectivity index (χ0) is 17.4. The summed E-state index contributed by atoms with van der Waals surface area (Å²) < 4.78 is 28.0. The molecule has 0 spiro atoms. The van der Waals surface area contributed by atoms with Crippen molar-refractivity contribution < 1.29 is 33.1 Å². The van der Waals surface area contributed by atoms with E-state index in [0.717, 1.165) is 0 Å². The number of aldehydes is 1. The maximum atomic E-state index is 12.5. The summed E-state index contributed by atoms with van der Waals surface area (Å²) in [5, 5.41) is 0. The summed E-state index contributed by atoms with van der Waals surface area (Å²) in [7, 11) is -1.07. The van der Waals surface area contributed by atoms with E-state index in [1.807, 2.05) is 13.8 Å². The summed E-state index contributed by atoms with van der Waals surface area (Å²) in [6, 6.07) is 4.63. The number of ether oxygens (including phenoxy) is 3. The zero-order valence-electron chi connectivity index (χ0n) is 13.9. The smallest absolute Gasteiger partial charge is 0.461 e. The first-order valence-electron chi connectivity index (χ1n) is 7.78. The molecule has 1 aromatic carbocycles. The van der Waals surface area contributed by atoms with Gasteiger partial charge in [0.15, 0.2) is 11.5 Å². The minimum Gasteiger partial charge on any atom is -0.461 e. The van der Waals surface area contributed by atoms with Gasteiger partial charge in [-0.15, -0.1) is 0 Å². The Kier molecular flexibility index (Phi) is 4.27. The summed E-state index contributed by atoms with van der Waals surface area (Å²) in [6.45, 7) is 6.57. The van der Waals surface area contributed by atoms with Crippen LogP contribution in [0.4, 0.5) is 0 Å². The highest BCUT2D eigenvalue weighted by Crippen LogP contribution is 2.43. The Balaban J connectivity index is 1.91. The minimum atomic E-state index is -1.88. The molecule has 1 unspecified atom stereocenters. The lowest BCUT2D eigenvalue weighted by Crippen LogP contribution is -2.65. The molecule has 1 saturated heterocycles. The number of fused-ring (bicyclic) bond motifs is 1. The van der Waals surface area contributed by atoms with E-state index in [0.29, 0.717) is 30.8 Å². The van der Waals surface area contributed by atoms with Gasteiger partial charge in [-0.05, 0) is 25.1 Å². The molecule has 0 amide bonds. The van der Waals surface area contributed by atoms with Crippen LogP contribution in [-0.4, -0.2) is 44.9 Å². The van der Waals surface area contributed by atoms with Crippen molar-refractivity contribution in [3.8, 4) is 11.5 Å². The summed E-state index contributed by atoms with van der Waals surface area (Å²) in [6.07, 6.45) is 0.685. The van der Waals surface area contributed by atoms with Gasteiger partial charge >= 0.3 is 18.8 Å². The third-order valence-electron chi connectivity index (χ3n) is 3.75. The van der Waals surface area contributed by atoms with Crippen LogP contribution < -0.4 is 9.47 Å². The van der Waals surface area contributed by atoms with E-state index in [2.05, 4.69) is 0 Å². The van der Waals surface area contributed by atoms with Gasteiger partial charge in [-0.25, -0.2) is 4.79 Å². The van der Waals surface area contributed by atoms with Crippen molar-refractivity contribution in [2.75, 3.05) is 19.8 Å². The lowest BCUT2D eigenvalue weighted by atomic mass is 9.73. The lowest BCUT2D eigenvalue weighted by molar-refractivity contribution is -0.175. The molecule has 0 saturated carbocycles. The normalized spacial score (nSPS) is 24.5. The number of esters is 1. The van der Waals surface area contributed by atoms with Gasteiger partial charge in [0, 0.05) is 24.2 Å². The maximum absolute atomic E-state index is 12.5. The van der Waals surface area contributed by atoms with Crippen LogP contribution in [0.25, 0.3) is 0 Å². The SMILES string of the molecule is CCOC(=O)C1(B2OCC(C)(C)CO2)Oc2ccc(C=O)cc2O1. The van der Waals surface area contributed by atoms with Crippen LogP contribution >= 0.6 is 0 Å². The molecule has 0 aromatic heterocycles. The average Bonchev–Trinajstić information content (AvgIpc) is 2.94. The molecular weight excluding hydrogens is 315 g/mol. The van der Waals surface area contributed by atoms with Gasteiger partial charge in [0.25, 0.3) is 0 Å². The zero-order valence-corrected chi connectivity index (χ0v) is 13.9. The minimum absolute atomic E-state index is 0.154. The Morgan fingerprint density at radius 2 is 1.92 bits per heavy atom. The number of carbonyl (C=O) groups excluding carboxylic acids is 2. The van der Waals surface area contributed by atoms with Crippen molar-refractivity contribution in [2.45, 2.75) is 26.5 Å². The van der Waals surface area contributed by atoms with Crippen LogP contribution in [0.2, 0.25) is 0 Å². The fourth-order valence-electron chi connectivity index (χ4n) is 2.53. The molecule has 2 aliphatic heterocycles. The van der Waals surface area contributed by atoms with Crippen molar-refractivity contribution in [3.63, 3.8) is 0 Å². The molecule has 8 heteroatoms. The van der Waals surface area contributed by atoms with Crippen molar-refractivity contribution in [1.82, 2.24) is 0 Å². The highest BCUT2D eigenvalue weighted by Gasteiger charge is 2.65. The maximum Gasteiger partial charge on any atom is 0.569 e. The van der Waals surface area contributed by atoms with Gasteiger partial charge < -0.3 is 23.5 Å². The molecule has 3 rings (SSSR count). The van der Waals surface area contributed by atoms with Crippen LogP contribution in [0.1, 0.15) is 31.1 Å². The van der Waals surface area contributed by atoms with Gasteiger partial charge in [0.2, 0.25) is 0 Å². The summed E-state index contributed by atoms with van der Waals surface area (Å²) >= 11 is 0. The van der Waals surface area contributed by atoms with Crippen LogP contribution in [0, 0.1) is 5.41 Å². The third-order valence-corrected chi connectivity index (χ3v) is 3.75. The van der Waals surface area contributed by atoms with Gasteiger partial charge in [0.1, 0.15) is 6.29 Å². The number of hydrogen-bond acceptors (Lipinski definition) is 7. The lowest BCUT2D eigenvalue weighted by Gasteiger charge is -2.37. The highest BCUT2D eigenvalue weighted by molar-refractivity contribution is 6.53. The molecule has 24 heavy (non-hydrogen) atoms. The quantitative estimate of drug-likeness (QED) is 0.470. The second-order valence-corrected chi connectivity index (χ2v) is 6.53. The summed E-state index contributed by atoms with van der Waals surface area (Å²) in [5.74, 6) is -0.145. The van der Waals surface area contributed by atoms with E-state index in [-0.39, 0.29) is 17.8 Å². The number of benzene rings is 1. The fraction of sp³-hybridized carbons (Fsp3) is 0.500. The van der Waals surface area contributed by atoms with Crippen molar-refractivity contribution in [3.05, 3.63) is 23.8 Å². The second-order valence-electron chi connectivity index (χ2n) is 6.53. The Labute approximate surface area is 140 Å². The molecular formula is C16H19BO7. The average molecular weight is 334 g/mol. The summed E-state index contributed by atoms with van der Waals surface area (Å²) in [4.78, 5) is 23.5. The van der Waals surface area contributed by atoms with E-state index in [4.69, 9.17) is 23.5 Å². The van der Waals surface area contributed by atoms with Crippen LogP contribution in [-0.2, 0) is 18.8 Å². The fourth-order valence-corrected chi connectivity index (χ4v) is 2.53. The summed E-state index contributed by atoms with van der Waals surface area (Å²) in [5.41, 5.74) is -1.65. The van der Waals surface area contributed by atoms with Gasteiger partial charge in [-0.3, -0.25) is 4.79 Å². The molecule has 2 heterocycles. The molecule has 1 atom stereocenters. The van der Waals surface area contributed by atoms with Crippen LogP contribution in [0.5, 0.6) is 11.5 Å². The second kappa shape index (κ2) is 6.10. The number of hydrogen-bond donors (Lipinski definition) is 0.